The van der Waals surface area contributed by atoms with Crippen LogP contribution in [0.3, 0.4) is 0 Å². The fourth-order valence-corrected chi connectivity index (χ4v) is 0.340. The number of hydrogen-bond donors (Lipinski definition) is 0. The zero-order chi connectivity index (χ0) is 5.28. The number of rotatable bonds is 0. The molecule has 0 unspecified atom stereocenters. The largest absolute Gasteiger partial charge is 0.544 e. The van der Waals surface area contributed by atoms with E-state index in [0.29, 0.717) is 5.69 Å². The lowest BCUT2D eigenvalue weighted by molar-refractivity contribution is -0.297. The Balaban J connectivity index is 3.04. The van der Waals surface area contributed by atoms with Crippen LogP contribution in [0.25, 0.3) is 0 Å². The molecule has 0 saturated carbocycles. The van der Waals surface area contributed by atoms with Crippen LogP contribution >= 0.6 is 0 Å². The van der Waals surface area contributed by atoms with Crippen molar-refractivity contribution in [3.63, 3.8) is 0 Å². The first-order valence-corrected chi connectivity index (χ1v) is 1.89. The van der Waals surface area contributed by atoms with Crippen LogP contribution in [-0.2, 0) is 0 Å². The summed E-state index contributed by atoms with van der Waals surface area (Å²) in [6, 6.07) is 1.33. The van der Waals surface area contributed by atoms with Crippen molar-refractivity contribution in [3.8, 4) is 5.95 Å². The third kappa shape index (κ3) is 0.707. The highest BCUT2D eigenvalue weighted by Gasteiger charge is 1.80. The number of aryl methyl sites for hydroxylation is 1. The molecule has 0 aliphatic rings. The summed E-state index contributed by atoms with van der Waals surface area (Å²) < 4.78 is 4.16. The molecule has 3 nitrogen and oxygen atoms in total. The SMILES string of the molecule is Cc1cc([O-])on1. The molecule has 0 atom stereocenters. The van der Waals surface area contributed by atoms with Crippen LogP contribution in [0.15, 0.2) is 10.6 Å². The van der Waals surface area contributed by atoms with E-state index in [9.17, 15) is 5.11 Å². The summed E-state index contributed by atoms with van der Waals surface area (Å²) in [7, 11) is 0. The smallest absolute Gasteiger partial charge is 0.0771 e. The van der Waals surface area contributed by atoms with Gasteiger partial charge in [-0.25, -0.2) is 0 Å². The average molecular weight is 98.1 g/mol. The zero-order valence-corrected chi connectivity index (χ0v) is 3.84. The molecule has 0 radical (unpaired) electrons. The molecule has 0 aliphatic carbocycles. The maximum atomic E-state index is 10.1. The van der Waals surface area contributed by atoms with Crippen LogP contribution in [0.1, 0.15) is 5.69 Å². The van der Waals surface area contributed by atoms with Gasteiger partial charge in [-0.3, -0.25) is 0 Å². The van der Waals surface area contributed by atoms with E-state index in [0.717, 1.165) is 0 Å². The summed E-state index contributed by atoms with van der Waals surface area (Å²) in [5, 5.41) is 13.4. The molecule has 38 valence electrons. The molecule has 0 N–H and O–H groups in total. The molecule has 0 aromatic carbocycles. The van der Waals surface area contributed by atoms with Gasteiger partial charge in [-0.15, -0.1) is 0 Å². The molecular formula is C4H4NO2-. The minimum atomic E-state index is -0.377. The maximum Gasteiger partial charge on any atom is 0.0771 e. The average Bonchev–Trinajstić information content (AvgIpc) is 1.87. The first-order chi connectivity index (χ1) is 3.29. The van der Waals surface area contributed by atoms with Gasteiger partial charge in [0.25, 0.3) is 0 Å². The fraction of sp³-hybridized carbons (Fsp3) is 0.250. The number of nitrogens with zero attached hydrogens (tertiary/aromatic N) is 1. The molecule has 1 heterocycles. The van der Waals surface area contributed by atoms with Gasteiger partial charge in [-0.1, -0.05) is 0 Å². The highest BCUT2D eigenvalue weighted by Crippen LogP contribution is 2.02. The standard InChI is InChI=1S/C4H5NO2/c1-3-2-4(6)7-5-3/h2,6H,1H3/p-1. The van der Waals surface area contributed by atoms with Crippen LogP contribution in [-0.4, -0.2) is 5.16 Å². The van der Waals surface area contributed by atoms with Crippen molar-refractivity contribution in [2.24, 2.45) is 0 Å². The Hall–Kier alpha value is -0.990. The molecule has 1 rings (SSSR count). The second-order valence-electron chi connectivity index (χ2n) is 1.29. The van der Waals surface area contributed by atoms with Gasteiger partial charge in [0.1, 0.15) is 0 Å². The Morgan fingerprint density at radius 3 is 2.71 bits per heavy atom. The molecule has 1 aromatic rings. The number of hydrogen-bond acceptors (Lipinski definition) is 3. The number of aromatic nitrogens is 1. The first kappa shape index (κ1) is 4.18. The second-order valence-corrected chi connectivity index (χ2v) is 1.29. The molecule has 0 fully saturated rings. The van der Waals surface area contributed by atoms with Gasteiger partial charge in [-0.05, 0) is 13.0 Å². The fourth-order valence-electron chi connectivity index (χ4n) is 0.340. The van der Waals surface area contributed by atoms with Crippen LogP contribution in [0.5, 0.6) is 5.95 Å². The van der Waals surface area contributed by atoms with Crippen LogP contribution in [0.2, 0.25) is 0 Å². The van der Waals surface area contributed by atoms with Gasteiger partial charge >= 0.3 is 0 Å². The second kappa shape index (κ2) is 1.26. The van der Waals surface area contributed by atoms with E-state index < -0.39 is 0 Å². The van der Waals surface area contributed by atoms with Crippen molar-refractivity contribution in [1.29, 1.82) is 0 Å². The Morgan fingerprint density at radius 2 is 2.57 bits per heavy atom. The van der Waals surface area contributed by atoms with E-state index in [1.165, 1.54) is 6.07 Å². The van der Waals surface area contributed by atoms with E-state index >= 15 is 0 Å². The zero-order valence-electron chi connectivity index (χ0n) is 3.84. The van der Waals surface area contributed by atoms with E-state index in [1.807, 2.05) is 0 Å². The lowest BCUT2D eigenvalue weighted by Crippen LogP contribution is -1.82. The van der Waals surface area contributed by atoms with Crippen molar-refractivity contribution >= 4 is 0 Å². The highest BCUT2D eigenvalue weighted by atomic mass is 16.5. The molecule has 7 heavy (non-hydrogen) atoms. The van der Waals surface area contributed by atoms with Crippen LogP contribution in [0, 0.1) is 6.92 Å². The molecule has 0 bridgehead atoms. The van der Waals surface area contributed by atoms with Gasteiger partial charge in [0, 0.05) is 0 Å². The quantitative estimate of drug-likeness (QED) is 0.461. The molecule has 0 spiro atoms. The van der Waals surface area contributed by atoms with Crippen molar-refractivity contribution in [1.82, 2.24) is 5.16 Å². The summed E-state index contributed by atoms with van der Waals surface area (Å²) in [4.78, 5) is 0. The molecule has 1 aromatic heterocycles. The predicted molar refractivity (Wildman–Crippen MR) is 20.7 cm³/mol. The minimum absolute atomic E-state index is 0.377. The summed E-state index contributed by atoms with van der Waals surface area (Å²) in [6.07, 6.45) is 0. The Bertz CT molecular complexity index is 142. The topological polar surface area (TPSA) is 49.1 Å². The summed E-state index contributed by atoms with van der Waals surface area (Å²) in [6.45, 7) is 1.70. The monoisotopic (exact) mass is 98.0 g/mol. The van der Waals surface area contributed by atoms with Crippen LogP contribution in [0.4, 0.5) is 0 Å². The Morgan fingerprint density at radius 1 is 1.86 bits per heavy atom. The summed E-state index contributed by atoms with van der Waals surface area (Å²) in [5.74, 6) is -0.377. The van der Waals surface area contributed by atoms with E-state index in [1.54, 1.807) is 6.92 Å². The molecular weight excluding hydrogens is 94.0 g/mol. The van der Waals surface area contributed by atoms with Gasteiger partial charge in [0.05, 0.1) is 11.6 Å². The Labute approximate surface area is 40.6 Å². The van der Waals surface area contributed by atoms with Crippen molar-refractivity contribution < 1.29 is 9.63 Å². The molecule has 0 aliphatic heterocycles. The third-order valence-electron chi connectivity index (χ3n) is 0.606. The molecule has 0 saturated heterocycles. The van der Waals surface area contributed by atoms with Crippen molar-refractivity contribution in [2.75, 3.05) is 0 Å². The third-order valence-corrected chi connectivity index (χ3v) is 0.606. The molecule has 3 heteroatoms. The lowest BCUT2D eigenvalue weighted by atomic mass is 10.5. The van der Waals surface area contributed by atoms with E-state index in [2.05, 4.69) is 9.68 Å². The van der Waals surface area contributed by atoms with Gasteiger partial charge in [0.15, 0.2) is 0 Å². The summed E-state index contributed by atoms with van der Waals surface area (Å²) in [5.41, 5.74) is 0.630. The van der Waals surface area contributed by atoms with Gasteiger partial charge < -0.3 is 9.63 Å². The van der Waals surface area contributed by atoms with Crippen LogP contribution < -0.4 is 5.11 Å². The van der Waals surface area contributed by atoms with E-state index in [-0.39, 0.29) is 5.95 Å². The lowest BCUT2D eigenvalue weighted by Gasteiger charge is -1.82. The predicted octanol–water partition coefficient (Wildman–Crippen LogP) is 0.0566. The van der Waals surface area contributed by atoms with Gasteiger partial charge in [-0.2, -0.15) is 5.16 Å². The summed E-state index contributed by atoms with van der Waals surface area (Å²) >= 11 is 0. The van der Waals surface area contributed by atoms with Crippen molar-refractivity contribution in [3.05, 3.63) is 11.8 Å². The first-order valence-electron chi connectivity index (χ1n) is 1.89. The maximum absolute atomic E-state index is 10.1. The normalized spacial score (nSPS) is 9.29. The Kier molecular flexibility index (Phi) is 0.749. The molecule has 0 amide bonds. The van der Waals surface area contributed by atoms with Crippen molar-refractivity contribution in [2.45, 2.75) is 6.92 Å². The van der Waals surface area contributed by atoms with Gasteiger partial charge in [0.2, 0.25) is 0 Å². The van der Waals surface area contributed by atoms with E-state index in [4.69, 9.17) is 0 Å². The highest BCUT2D eigenvalue weighted by molar-refractivity contribution is 5.04. The minimum Gasteiger partial charge on any atom is -0.544 e.